The Morgan fingerprint density at radius 3 is 2.35 bits per heavy atom. The van der Waals surface area contributed by atoms with Crippen LogP contribution in [0.4, 0.5) is 8.78 Å². The SMILES string of the molecule is O=C(O)C1(c2ccccc2O)CCC(F)(F)C1. The molecule has 0 spiro atoms. The number of phenols is 1. The molecule has 1 atom stereocenters. The van der Waals surface area contributed by atoms with E-state index in [1.165, 1.54) is 24.3 Å². The first-order valence-corrected chi connectivity index (χ1v) is 5.27. The van der Waals surface area contributed by atoms with Crippen molar-refractivity contribution in [3.63, 3.8) is 0 Å². The van der Waals surface area contributed by atoms with Crippen molar-refractivity contribution in [2.75, 3.05) is 0 Å². The predicted molar refractivity (Wildman–Crippen MR) is 56.2 cm³/mol. The van der Waals surface area contributed by atoms with E-state index in [1.54, 1.807) is 0 Å². The van der Waals surface area contributed by atoms with Gasteiger partial charge in [0.1, 0.15) is 11.2 Å². The molecule has 2 N–H and O–H groups in total. The molecule has 0 saturated heterocycles. The fourth-order valence-corrected chi connectivity index (χ4v) is 2.42. The number of rotatable bonds is 2. The zero-order valence-electron chi connectivity index (χ0n) is 8.99. The number of hydrogen-bond acceptors (Lipinski definition) is 2. The van der Waals surface area contributed by atoms with Crippen molar-refractivity contribution in [2.45, 2.75) is 30.6 Å². The van der Waals surface area contributed by atoms with Crippen molar-refractivity contribution < 1.29 is 23.8 Å². The molecule has 1 aliphatic rings. The van der Waals surface area contributed by atoms with Gasteiger partial charge in [-0.05, 0) is 12.5 Å². The highest BCUT2D eigenvalue weighted by Gasteiger charge is 2.55. The first kappa shape index (κ1) is 11.8. The van der Waals surface area contributed by atoms with Crippen LogP contribution in [0.2, 0.25) is 0 Å². The third kappa shape index (κ3) is 1.85. The quantitative estimate of drug-likeness (QED) is 0.837. The van der Waals surface area contributed by atoms with Crippen LogP contribution in [0, 0.1) is 0 Å². The predicted octanol–water partition coefficient (Wildman–Crippen LogP) is 2.53. The van der Waals surface area contributed by atoms with E-state index >= 15 is 0 Å². The van der Waals surface area contributed by atoms with E-state index in [2.05, 4.69) is 0 Å². The second kappa shape index (κ2) is 3.68. The molecule has 1 saturated carbocycles. The van der Waals surface area contributed by atoms with E-state index < -0.39 is 30.1 Å². The number of alkyl halides is 2. The van der Waals surface area contributed by atoms with Crippen LogP contribution in [0.25, 0.3) is 0 Å². The van der Waals surface area contributed by atoms with Crippen molar-refractivity contribution in [3.05, 3.63) is 29.8 Å². The van der Waals surface area contributed by atoms with Gasteiger partial charge in [0.2, 0.25) is 5.92 Å². The van der Waals surface area contributed by atoms with Crippen LogP contribution in [0.5, 0.6) is 5.75 Å². The van der Waals surface area contributed by atoms with Crippen LogP contribution in [0.1, 0.15) is 24.8 Å². The third-order valence-corrected chi connectivity index (χ3v) is 3.31. The maximum absolute atomic E-state index is 13.3. The van der Waals surface area contributed by atoms with Crippen LogP contribution < -0.4 is 0 Å². The Morgan fingerprint density at radius 2 is 1.88 bits per heavy atom. The van der Waals surface area contributed by atoms with Crippen LogP contribution >= 0.6 is 0 Å². The lowest BCUT2D eigenvalue weighted by atomic mass is 9.78. The number of hydrogen-bond donors (Lipinski definition) is 2. The number of benzene rings is 1. The van der Waals surface area contributed by atoms with Gasteiger partial charge in [-0.2, -0.15) is 0 Å². The van der Waals surface area contributed by atoms with Crippen LogP contribution in [-0.2, 0) is 10.2 Å². The van der Waals surface area contributed by atoms with E-state index in [0.29, 0.717) is 0 Å². The first-order chi connectivity index (χ1) is 7.87. The van der Waals surface area contributed by atoms with Gasteiger partial charge in [0.25, 0.3) is 0 Å². The highest BCUT2D eigenvalue weighted by molar-refractivity contribution is 5.83. The topological polar surface area (TPSA) is 57.5 Å². The zero-order chi connectivity index (χ0) is 12.7. The molecule has 2 rings (SSSR count). The summed E-state index contributed by atoms with van der Waals surface area (Å²) in [6.45, 7) is 0. The molecule has 0 heterocycles. The number of carboxylic acid groups (broad SMARTS) is 1. The molecule has 0 radical (unpaired) electrons. The van der Waals surface area contributed by atoms with Crippen molar-refractivity contribution in [1.29, 1.82) is 0 Å². The molecule has 1 aliphatic carbocycles. The summed E-state index contributed by atoms with van der Waals surface area (Å²) in [7, 11) is 0. The molecule has 1 aromatic rings. The number of para-hydroxylation sites is 1. The summed E-state index contributed by atoms with van der Waals surface area (Å²) in [6.07, 6.45) is -1.38. The second-order valence-corrected chi connectivity index (χ2v) is 4.44. The van der Waals surface area contributed by atoms with Gasteiger partial charge in [0, 0.05) is 18.4 Å². The highest BCUT2D eigenvalue weighted by Crippen LogP contribution is 2.51. The summed E-state index contributed by atoms with van der Waals surface area (Å²) < 4.78 is 26.5. The van der Waals surface area contributed by atoms with Gasteiger partial charge in [-0.3, -0.25) is 4.79 Å². The Morgan fingerprint density at radius 1 is 1.24 bits per heavy atom. The third-order valence-electron chi connectivity index (χ3n) is 3.31. The molecule has 3 nitrogen and oxygen atoms in total. The van der Waals surface area contributed by atoms with Crippen molar-refractivity contribution in [2.24, 2.45) is 0 Å². The highest BCUT2D eigenvalue weighted by atomic mass is 19.3. The van der Waals surface area contributed by atoms with Crippen molar-refractivity contribution in [3.8, 4) is 5.75 Å². The van der Waals surface area contributed by atoms with Gasteiger partial charge in [0.15, 0.2) is 0 Å². The fourth-order valence-electron chi connectivity index (χ4n) is 2.42. The number of carbonyl (C=O) groups is 1. The maximum atomic E-state index is 13.3. The minimum absolute atomic E-state index is 0.0738. The van der Waals surface area contributed by atoms with E-state index in [0.717, 1.165) is 0 Å². The Hall–Kier alpha value is -1.65. The number of aliphatic carboxylic acids is 1. The Kier molecular flexibility index (Phi) is 2.56. The standard InChI is InChI=1S/C12H12F2O3/c13-12(14)6-5-11(7-12,10(16)17)8-3-1-2-4-9(8)15/h1-4,15H,5-7H2,(H,16,17). The smallest absolute Gasteiger partial charge is 0.314 e. The Bertz CT molecular complexity index is 459. The lowest BCUT2D eigenvalue weighted by Crippen LogP contribution is -2.34. The summed E-state index contributed by atoms with van der Waals surface area (Å²) in [5.74, 6) is -4.54. The van der Waals surface area contributed by atoms with E-state index in [-0.39, 0.29) is 17.7 Å². The molecule has 17 heavy (non-hydrogen) atoms. The molecule has 0 aromatic heterocycles. The van der Waals surface area contributed by atoms with Crippen LogP contribution in [0.3, 0.4) is 0 Å². The molecular formula is C12H12F2O3. The number of carboxylic acids is 1. The minimum Gasteiger partial charge on any atom is -0.508 e. The number of phenolic OH excluding ortho intramolecular Hbond substituents is 1. The molecular weight excluding hydrogens is 230 g/mol. The van der Waals surface area contributed by atoms with Crippen molar-refractivity contribution >= 4 is 5.97 Å². The molecule has 0 bridgehead atoms. The summed E-state index contributed by atoms with van der Waals surface area (Å²) in [6, 6.07) is 5.78. The molecule has 92 valence electrons. The monoisotopic (exact) mass is 242 g/mol. The van der Waals surface area contributed by atoms with Gasteiger partial charge in [0.05, 0.1) is 0 Å². The minimum atomic E-state index is -2.99. The average Bonchev–Trinajstić information content (AvgIpc) is 2.56. The van der Waals surface area contributed by atoms with Gasteiger partial charge < -0.3 is 10.2 Å². The molecule has 1 unspecified atom stereocenters. The second-order valence-electron chi connectivity index (χ2n) is 4.44. The van der Waals surface area contributed by atoms with Crippen molar-refractivity contribution in [1.82, 2.24) is 0 Å². The van der Waals surface area contributed by atoms with E-state index in [1.807, 2.05) is 0 Å². The largest absolute Gasteiger partial charge is 0.508 e. The molecule has 1 fully saturated rings. The molecule has 1 aromatic carbocycles. The van der Waals surface area contributed by atoms with E-state index in [4.69, 9.17) is 0 Å². The molecule has 0 aliphatic heterocycles. The summed E-state index contributed by atoms with van der Waals surface area (Å²) in [4.78, 5) is 11.3. The zero-order valence-corrected chi connectivity index (χ0v) is 8.99. The molecule has 5 heteroatoms. The lowest BCUT2D eigenvalue weighted by Gasteiger charge is -2.25. The first-order valence-electron chi connectivity index (χ1n) is 5.27. The van der Waals surface area contributed by atoms with Gasteiger partial charge in [-0.15, -0.1) is 0 Å². The number of halogens is 2. The summed E-state index contributed by atoms with van der Waals surface area (Å²) in [5, 5.41) is 18.9. The number of aromatic hydroxyl groups is 1. The van der Waals surface area contributed by atoms with Gasteiger partial charge >= 0.3 is 5.97 Å². The Balaban J connectivity index is 2.51. The van der Waals surface area contributed by atoms with Crippen LogP contribution in [-0.4, -0.2) is 22.1 Å². The van der Waals surface area contributed by atoms with Gasteiger partial charge in [-0.1, -0.05) is 18.2 Å². The fraction of sp³-hybridized carbons (Fsp3) is 0.417. The average molecular weight is 242 g/mol. The van der Waals surface area contributed by atoms with E-state index in [9.17, 15) is 23.8 Å². The maximum Gasteiger partial charge on any atom is 0.314 e. The van der Waals surface area contributed by atoms with Crippen LogP contribution in [0.15, 0.2) is 24.3 Å². The normalized spacial score (nSPS) is 26.9. The Labute approximate surface area is 96.7 Å². The molecule has 0 amide bonds. The lowest BCUT2D eigenvalue weighted by molar-refractivity contribution is -0.145. The summed E-state index contributed by atoms with van der Waals surface area (Å²) >= 11 is 0. The van der Waals surface area contributed by atoms with Gasteiger partial charge in [-0.25, -0.2) is 8.78 Å². The summed E-state index contributed by atoms with van der Waals surface area (Å²) in [5.41, 5.74) is -1.60.